The molecule has 0 saturated carbocycles. The first-order valence-electron chi connectivity index (χ1n) is 9.88. The largest absolute Gasteiger partial charge is 0.0616 e. The molecule has 0 fully saturated rings. The SMILES string of the molecule is Cc1cc(C)c(C)cc1C.c1ccc2c(c1)ccc1c3ccccc3ccc21. The van der Waals surface area contributed by atoms with Crippen LogP contribution in [0, 0.1) is 27.7 Å². The van der Waals surface area contributed by atoms with E-state index in [9.17, 15) is 0 Å². The summed E-state index contributed by atoms with van der Waals surface area (Å²) in [7, 11) is 0. The van der Waals surface area contributed by atoms with Gasteiger partial charge in [-0.1, -0.05) is 84.9 Å². The lowest BCUT2D eigenvalue weighted by Gasteiger charge is -2.07. The average molecular weight is 363 g/mol. The summed E-state index contributed by atoms with van der Waals surface area (Å²) in [6.07, 6.45) is 0. The van der Waals surface area contributed by atoms with Crippen LogP contribution in [0.2, 0.25) is 0 Å². The fourth-order valence-electron chi connectivity index (χ4n) is 3.88. The van der Waals surface area contributed by atoms with Gasteiger partial charge in [-0.3, -0.25) is 0 Å². The normalized spacial score (nSPS) is 10.9. The Balaban J connectivity index is 0.000000165. The first-order valence-corrected chi connectivity index (χ1v) is 9.88. The van der Waals surface area contributed by atoms with Gasteiger partial charge in [0, 0.05) is 0 Å². The molecule has 0 aliphatic carbocycles. The molecule has 0 aromatic heterocycles. The van der Waals surface area contributed by atoms with E-state index in [1.54, 1.807) is 0 Å². The number of hydrogen-bond acceptors (Lipinski definition) is 0. The second-order valence-electron chi connectivity index (χ2n) is 7.69. The number of aryl methyl sites for hydroxylation is 4. The molecular weight excluding hydrogens is 336 g/mol. The maximum absolute atomic E-state index is 2.24. The van der Waals surface area contributed by atoms with Crippen molar-refractivity contribution in [3.8, 4) is 0 Å². The molecular formula is C28H26. The number of hydrogen-bond donors (Lipinski definition) is 0. The molecule has 0 amide bonds. The van der Waals surface area contributed by atoms with Crippen LogP contribution < -0.4 is 0 Å². The molecule has 0 spiro atoms. The van der Waals surface area contributed by atoms with E-state index in [2.05, 4.69) is 113 Å². The monoisotopic (exact) mass is 362 g/mol. The molecule has 138 valence electrons. The van der Waals surface area contributed by atoms with Crippen molar-refractivity contribution in [2.75, 3.05) is 0 Å². The third kappa shape index (κ3) is 3.39. The Morgan fingerprint density at radius 1 is 0.357 bits per heavy atom. The minimum absolute atomic E-state index is 1.31. The van der Waals surface area contributed by atoms with Crippen LogP contribution in [-0.4, -0.2) is 0 Å². The van der Waals surface area contributed by atoms with Gasteiger partial charge < -0.3 is 0 Å². The van der Waals surface area contributed by atoms with E-state index in [0.29, 0.717) is 0 Å². The van der Waals surface area contributed by atoms with Gasteiger partial charge in [0.15, 0.2) is 0 Å². The molecule has 0 atom stereocenters. The summed E-state index contributed by atoms with van der Waals surface area (Å²) in [5.41, 5.74) is 5.57. The summed E-state index contributed by atoms with van der Waals surface area (Å²) in [4.78, 5) is 0. The van der Waals surface area contributed by atoms with Gasteiger partial charge in [0.2, 0.25) is 0 Å². The van der Waals surface area contributed by atoms with Gasteiger partial charge in [-0.25, -0.2) is 0 Å². The van der Waals surface area contributed by atoms with Gasteiger partial charge in [-0.05, 0) is 82.3 Å². The lowest BCUT2D eigenvalue weighted by atomic mass is 9.97. The van der Waals surface area contributed by atoms with Crippen molar-refractivity contribution in [3.05, 3.63) is 107 Å². The van der Waals surface area contributed by atoms with Crippen molar-refractivity contribution in [2.24, 2.45) is 0 Å². The molecule has 0 aliphatic rings. The second-order valence-corrected chi connectivity index (χ2v) is 7.69. The van der Waals surface area contributed by atoms with Crippen molar-refractivity contribution < 1.29 is 0 Å². The third-order valence-corrected chi connectivity index (χ3v) is 5.76. The Kier molecular flexibility index (Phi) is 4.88. The maximum Gasteiger partial charge on any atom is -0.00990 e. The van der Waals surface area contributed by atoms with Gasteiger partial charge in [0.25, 0.3) is 0 Å². The third-order valence-electron chi connectivity index (χ3n) is 5.76. The minimum Gasteiger partial charge on any atom is -0.0616 e. The first-order chi connectivity index (χ1) is 13.5. The standard InChI is InChI=1S/C18H12.C10H14/c1-3-7-15-13(5-1)9-11-18-16-8-4-2-6-14(16)10-12-17(15)18;1-7-5-9(3)10(4)6-8(7)2/h1-12H;5-6H,1-4H3. The summed E-state index contributed by atoms with van der Waals surface area (Å²) < 4.78 is 0. The average Bonchev–Trinajstić information content (AvgIpc) is 2.72. The summed E-state index contributed by atoms with van der Waals surface area (Å²) in [5.74, 6) is 0. The van der Waals surface area contributed by atoms with Gasteiger partial charge >= 0.3 is 0 Å². The molecule has 0 bridgehead atoms. The van der Waals surface area contributed by atoms with Crippen LogP contribution in [0.4, 0.5) is 0 Å². The Hall–Kier alpha value is -3.12. The fraction of sp³-hybridized carbons (Fsp3) is 0.143. The maximum atomic E-state index is 2.24. The molecule has 5 aromatic rings. The second kappa shape index (κ2) is 7.48. The van der Waals surface area contributed by atoms with Crippen molar-refractivity contribution in [2.45, 2.75) is 27.7 Å². The number of rotatable bonds is 0. The highest BCUT2D eigenvalue weighted by Crippen LogP contribution is 2.30. The molecule has 0 nitrogen and oxygen atoms in total. The number of fused-ring (bicyclic) bond motifs is 5. The van der Waals surface area contributed by atoms with E-state index >= 15 is 0 Å². The summed E-state index contributed by atoms with van der Waals surface area (Å²) in [6, 6.07) is 30.5. The van der Waals surface area contributed by atoms with Crippen LogP contribution in [0.5, 0.6) is 0 Å². The number of benzene rings is 5. The predicted molar refractivity (Wildman–Crippen MR) is 124 cm³/mol. The topological polar surface area (TPSA) is 0 Å². The molecule has 0 saturated heterocycles. The van der Waals surface area contributed by atoms with Gasteiger partial charge in [0.1, 0.15) is 0 Å². The van der Waals surface area contributed by atoms with Crippen LogP contribution in [-0.2, 0) is 0 Å². The van der Waals surface area contributed by atoms with Crippen LogP contribution in [0.25, 0.3) is 32.3 Å². The van der Waals surface area contributed by atoms with Crippen molar-refractivity contribution in [1.82, 2.24) is 0 Å². The molecule has 5 rings (SSSR count). The first kappa shape index (κ1) is 18.3. The predicted octanol–water partition coefficient (Wildman–Crippen LogP) is 8.07. The van der Waals surface area contributed by atoms with Gasteiger partial charge in [-0.15, -0.1) is 0 Å². The van der Waals surface area contributed by atoms with Crippen LogP contribution in [0.1, 0.15) is 22.3 Å². The zero-order chi connectivity index (χ0) is 19.7. The van der Waals surface area contributed by atoms with E-state index in [1.165, 1.54) is 54.6 Å². The molecule has 0 radical (unpaired) electrons. The zero-order valence-corrected chi connectivity index (χ0v) is 17.1. The lowest BCUT2D eigenvalue weighted by molar-refractivity contribution is 1.24. The van der Waals surface area contributed by atoms with Crippen LogP contribution in [0.15, 0.2) is 84.9 Å². The molecule has 28 heavy (non-hydrogen) atoms. The Morgan fingerprint density at radius 3 is 1.11 bits per heavy atom. The van der Waals surface area contributed by atoms with Gasteiger partial charge in [-0.2, -0.15) is 0 Å². The van der Waals surface area contributed by atoms with Gasteiger partial charge in [0.05, 0.1) is 0 Å². The molecule has 0 unspecified atom stereocenters. The van der Waals surface area contributed by atoms with E-state index in [4.69, 9.17) is 0 Å². The minimum atomic E-state index is 1.31. The highest BCUT2D eigenvalue weighted by Gasteiger charge is 2.03. The quantitative estimate of drug-likeness (QED) is 0.244. The van der Waals surface area contributed by atoms with E-state index < -0.39 is 0 Å². The van der Waals surface area contributed by atoms with Crippen molar-refractivity contribution in [1.29, 1.82) is 0 Å². The zero-order valence-electron chi connectivity index (χ0n) is 17.1. The smallest absolute Gasteiger partial charge is 0.00990 e. The van der Waals surface area contributed by atoms with E-state index in [0.717, 1.165) is 0 Å². The highest BCUT2D eigenvalue weighted by atomic mass is 14.1. The summed E-state index contributed by atoms with van der Waals surface area (Å²) in [5, 5.41) is 7.96. The lowest BCUT2D eigenvalue weighted by Crippen LogP contribution is -1.86. The summed E-state index contributed by atoms with van der Waals surface area (Å²) >= 11 is 0. The Labute approximate surface area is 167 Å². The molecule has 0 heteroatoms. The van der Waals surface area contributed by atoms with Crippen molar-refractivity contribution >= 4 is 32.3 Å². The van der Waals surface area contributed by atoms with E-state index in [1.807, 2.05) is 0 Å². The molecule has 0 aliphatic heterocycles. The Bertz CT molecular complexity index is 1170. The van der Waals surface area contributed by atoms with Crippen LogP contribution in [0.3, 0.4) is 0 Å². The van der Waals surface area contributed by atoms with Crippen molar-refractivity contribution in [3.63, 3.8) is 0 Å². The fourth-order valence-corrected chi connectivity index (χ4v) is 3.88. The van der Waals surface area contributed by atoms with E-state index in [-0.39, 0.29) is 0 Å². The molecule has 0 N–H and O–H groups in total. The van der Waals surface area contributed by atoms with Crippen LogP contribution >= 0.6 is 0 Å². The highest BCUT2D eigenvalue weighted by molar-refractivity contribution is 6.17. The Morgan fingerprint density at radius 2 is 0.714 bits per heavy atom. The molecule has 5 aromatic carbocycles. The summed E-state index contributed by atoms with van der Waals surface area (Å²) in [6.45, 7) is 8.62. The molecule has 0 heterocycles.